The zero-order chi connectivity index (χ0) is 33.4. The van der Waals surface area contributed by atoms with Gasteiger partial charge in [0.25, 0.3) is 0 Å². The fraction of sp³-hybridized carbons (Fsp3) is 0.306. The Balaban J connectivity index is 2.06. The van der Waals surface area contributed by atoms with Gasteiger partial charge in [-0.05, 0) is 73.2 Å². The highest BCUT2D eigenvalue weighted by Crippen LogP contribution is 2.41. The standard InChI is InChI=1S/C36H38N4O6/c1-9-21-17(3)25-14-27-19(5)23(11-12-31(41)45-7)34(39-27)24(13-32(42)46-8)35-33(36(43)44)20(6)28(40-35)16-30-22(10-2)18(4)26(38-30)15-29(21)37-25/h9,11,14-16,19,37-38H,1,10,12-13H2,2-8H3,(H,43,44)/b23-11+,25-14?,26-15?,27-14?,28-16?,29-15?,30-16?,34-24?,35-24?/t19-/m0/s1. The Morgan fingerprint density at radius 2 is 1.59 bits per heavy atom. The van der Waals surface area contributed by atoms with Gasteiger partial charge in [-0.15, -0.1) is 0 Å². The number of carbonyl (C=O) groups excluding carboxylic acids is 2. The van der Waals surface area contributed by atoms with E-state index in [0.717, 1.165) is 50.7 Å². The van der Waals surface area contributed by atoms with Crippen LogP contribution < -0.4 is 0 Å². The molecule has 5 rings (SSSR count). The molecule has 5 heterocycles. The van der Waals surface area contributed by atoms with E-state index in [1.54, 1.807) is 13.0 Å². The molecule has 0 aromatic carbocycles. The third-order valence-corrected chi connectivity index (χ3v) is 8.94. The number of aromatic nitrogens is 4. The van der Waals surface area contributed by atoms with Gasteiger partial charge in [-0.1, -0.05) is 32.6 Å². The summed E-state index contributed by atoms with van der Waals surface area (Å²) >= 11 is 0. The van der Waals surface area contributed by atoms with Crippen molar-refractivity contribution in [2.75, 3.05) is 14.2 Å². The monoisotopic (exact) mass is 622 g/mol. The van der Waals surface area contributed by atoms with Crippen LogP contribution in [0.15, 0.2) is 30.9 Å². The third kappa shape index (κ3) is 5.55. The number of carbonyl (C=O) groups is 3. The highest BCUT2D eigenvalue weighted by Gasteiger charge is 2.32. The first kappa shape index (κ1) is 32.2. The number of aromatic amines is 2. The lowest BCUT2D eigenvalue weighted by Gasteiger charge is -2.11. The minimum Gasteiger partial charge on any atom is -0.478 e. The van der Waals surface area contributed by atoms with Gasteiger partial charge in [0, 0.05) is 39.1 Å². The average molecular weight is 623 g/mol. The number of hydrogen-bond donors (Lipinski definition) is 3. The first-order valence-corrected chi connectivity index (χ1v) is 15.1. The summed E-state index contributed by atoms with van der Waals surface area (Å²) in [6, 6.07) is 5.85. The van der Waals surface area contributed by atoms with Gasteiger partial charge in [0.2, 0.25) is 0 Å². The Kier molecular flexibility index (Phi) is 8.83. The quantitative estimate of drug-likeness (QED) is 0.249. The Labute approximate surface area is 266 Å². The van der Waals surface area contributed by atoms with E-state index in [-0.39, 0.29) is 30.0 Å². The molecule has 2 aliphatic rings. The molecule has 0 amide bonds. The van der Waals surface area contributed by atoms with E-state index in [2.05, 4.69) is 36.5 Å². The molecule has 1 atom stereocenters. The van der Waals surface area contributed by atoms with E-state index in [9.17, 15) is 19.5 Å². The summed E-state index contributed by atoms with van der Waals surface area (Å²) < 4.78 is 9.94. The Bertz CT molecular complexity index is 2040. The third-order valence-electron chi connectivity index (χ3n) is 8.94. The predicted molar refractivity (Wildman–Crippen MR) is 179 cm³/mol. The maximum absolute atomic E-state index is 12.9. The van der Waals surface area contributed by atoms with Gasteiger partial charge in [0.1, 0.15) is 0 Å². The lowest BCUT2D eigenvalue weighted by atomic mass is 9.92. The molecule has 3 aromatic rings. The van der Waals surface area contributed by atoms with E-state index >= 15 is 0 Å². The lowest BCUT2D eigenvalue weighted by molar-refractivity contribution is -0.140. The minimum atomic E-state index is -1.18. The van der Waals surface area contributed by atoms with E-state index in [4.69, 9.17) is 19.4 Å². The first-order valence-electron chi connectivity index (χ1n) is 15.1. The van der Waals surface area contributed by atoms with Crippen LogP contribution >= 0.6 is 0 Å². The average Bonchev–Trinajstić information content (AvgIpc) is 3.71. The Morgan fingerprint density at radius 1 is 0.913 bits per heavy atom. The van der Waals surface area contributed by atoms with Crippen LogP contribution in [0.1, 0.15) is 83.7 Å². The maximum atomic E-state index is 12.9. The molecule has 0 unspecified atom stereocenters. The SMILES string of the molecule is C=Cc1c(C)c2cc3nc(c(CC(=O)OC)c4nc(cc5[nH]c(cc1[nH]2)c(C)c5CC)C(C)=C4C(=O)O)/C(=C/CC(=O)OC)[C@@H]3C. The summed E-state index contributed by atoms with van der Waals surface area (Å²) in [6.45, 7) is 13.9. The second-order valence-electron chi connectivity index (χ2n) is 11.5. The molecule has 0 saturated heterocycles. The van der Waals surface area contributed by atoms with Crippen LogP contribution in [-0.2, 0) is 36.7 Å². The lowest BCUT2D eigenvalue weighted by Crippen LogP contribution is -2.11. The van der Waals surface area contributed by atoms with Crippen LogP contribution in [0.5, 0.6) is 0 Å². The number of hydrogen-bond acceptors (Lipinski definition) is 7. The summed E-state index contributed by atoms with van der Waals surface area (Å²) in [4.78, 5) is 54.9. The number of rotatable bonds is 7. The van der Waals surface area contributed by atoms with E-state index in [1.165, 1.54) is 14.2 Å². The largest absolute Gasteiger partial charge is 0.478 e. The van der Waals surface area contributed by atoms with E-state index in [0.29, 0.717) is 33.8 Å². The number of nitrogens with zero attached hydrogens (tertiary/aromatic N) is 2. The van der Waals surface area contributed by atoms with Gasteiger partial charge in [0.05, 0.1) is 55.4 Å². The number of aliphatic carboxylic acids is 1. The molecule has 0 saturated carbocycles. The first-order chi connectivity index (χ1) is 21.9. The number of methoxy groups -OCH3 is 2. The summed E-state index contributed by atoms with van der Waals surface area (Å²) in [6.07, 6.45) is 3.95. The highest BCUT2D eigenvalue weighted by molar-refractivity contribution is 6.24. The zero-order valence-corrected chi connectivity index (χ0v) is 27.2. The minimum absolute atomic E-state index is 0.0252. The van der Waals surface area contributed by atoms with E-state index < -0.39 is 17.9 Å². The highest BCUT2D eigenvalue weighted by atomic mass is 16.5. The molecule has 10 heteroatoms. The number of nitrogens with one attached hydrogen (secondary N) is 2. The topological polar surface area (TPSA) is 147 Å². The van der Waals surface area contributed by atoms with Gasteiger partial charge in [0.15, 0.2) is 0 Å². The second-order valence-corrected chi connectivity index (χ2v) is 11.5. The summed E-state index contributed by atoms with van der Waals surface area (Å²) in [5, 5.41) is 10.5. The van der Waals surface area contributed by atoms with Crippen molar-refractivity contribution < 1.29 is 29.0 Å². The maximum Gasteiger partial charge on any atom is 0.338 e. The number of carboxylic acids is 1. The van der Waals surface area contributed by atoms with Crippen molar-refractivity contribution in [3.63, 3.8) is 0 Å². The normalized spacial score (nSPS) is 15.3. The smallest absolute Gasteiger partial charge is 0.338 e. The summed E-state index contributed by atoms with van der Waals surface area (Å²) in [5.74, 6) is -2.53. The van der Waals surface area contributed by atoms with Gasteiger partial charge >= 0.3 is 17.9 Å². The molecule has 0 radical (unpaired) electrons. The van der Waals surface area contributed by atoms with Crippen molar-refractivity contribution in [3.05, 3.63) is 81.4 Å². The van der Waals surface area contributed by atoms with E-state index in [1.807, 2.05) is 32.1 Å². The molecule has 46 heavy (non-hydrogen) atoms. The number of esters is 2. The van der Waals surface area contributed by atoms with Crippen LogP contribution in [0, 0.1) is 13.8 Å². The number of carboxylic acid groups (broad SMARTS) is 1. The van der Waals surface area contributed by atoms with Crippen molar-refractivity contribution in [3.8, 4) is 0 Å². The van der Waals surface area contributed by atoms with Crippen LogP contribution in [0.25, 0.3) is 44.9 Å². The molecule has 10 nitrogen and oxygen atoms in total. The number of ether oxygens (including phenoxy) is 2. The van der Waals surface area contributed by atoms with Gasteiger partial charge in [-0.3, -0.25) is 14.6 Å². The zero-order valence-electron chi connectivity index (χ0n) is 27.2. The summed E-state index contributed by atoms with van der Waals surface area (Å²) in [7, 11) is 2.59. The molecular weight excluding hydrogens is 584 g/mol. The summed E-state index contributed by atoms with van der Waals surface area (Å²) in [5.41, 5.74) is 10.5. The number of allylic oxidation sites excluding steroid dienone is 2. The number of fused-ring (bicyclic) bond motifs is 8. The Morgan fingerprint density at radius 3 is 2.22 bits per heavy atom. The number of H-pyrrole nitrogens is 2. The van der Waals surface area contributed by atoms with Gasteiger partial charge in [-0.25, -0.2) is 9.78 Å². The molecular formula is C36H38N4O6. The van der Waals surface area contributed by atoms with Crippen molar-refractivity contribution in [1.82, 2.24) is 19.9 Å². The predicted octanol–water partition coefficient (Wildman–Crippen LogP) is 6.62. The molecule has 2 aliphatic heterocycles. The second kappa shape index (κ2) is 12.6. The van der Waals surface area contributed by atoms with Gasteiger partial charge < -0.3 is 24.5 Å². The van der Waals surface area contributed by atoms with Crippen molar-refractivity contribution >= 4 is 62.8 Å². The molecule has 0 aliphatic carbocycles. The molecule has 238 valence electrons. The Hall–Kier alpha value is -5.25. The molecule has 0 fully saturated rings. The fourth-order valence-electron chi connectivity index (χ4n) is 6.29. The van der Waals surface area contributed by atoms with Crippen LogP contribution in [0.2, 0.25) is 0 Å². The van der Waals surface area contributed by atoms with Gasteiger partial charge in [-0.2, -0.15) is 0 Å². The van der Waals surface area contributed by atoms with Crippen LogP contribution in [0.3, 0.4) is 0 Å². The fourth-order valence-corrected chi connectivity index (χ4v) is 6.29. The van der Waals surface area contributed by atoms with Crippen molar-refractivity contribution in [2.45, 2.75) is 59.8 Å². The molecule has 0 spiro atoms. The molecule has 8 bridgehead atoms. The molecule has 3 aromatic heterocycles. The van der Waals surface area contributed by atoms with Crippen molar-refractivity contribution in [2.24, 2.45) is 0 Å². The van der Waals surface area contributed by atoms with Crippen molar-refractivity contribution in [1.29, 1.82) is 0 Å². The molecule has 3 N–H and O–H groups in total. The number of aryl methyl sites for hydroxylation is 3. The van der Waals surface area contributed by atoms with Crippen LogP contribution in [-0.4, -0.2) is 57.2 Å². The van der Waals surface area contributed by atoms with Crippen LogP contribution in [0.4, 0.5) is 0 Å².